The van der Waals surface area contributed by atoms with Crippen molar-refractivity contribution in [1.29, 1.82) is 0 Å². The van der Waals surface area contributed by atoms with Crippen molar-refractivity contribution in [2.45, 2.75) is 12.3 Å². The van der Waals surface area contributed by atoms with Gasteiger partial charge in [0.05, 0.1) is 5.92 Å². The van der Waals surface area contributed by atoms with E-state index in [-0.39, 0.29) is 5.92 Å². The first-order valence-electron chi connectivity index (χ1n) is 4.88. The normalized spacial score (nSPS) is 12.3. The maximum atomic E-state index is 11.0. The fourth-order valence-electron chi connectivity index (χ4n) is 1.53. The predicted octanol–water partition coefficient (Wildman–Crippen LogP) is 3.32. The molecule has 0 aliphatic rings. The van der Waals surface area contributed by atoms with Gasteiger partial charge in [-0.25, -0.2) is 4.98 Å². The quantitative estimate of drug-likeness (QED) is 0.781. The zero-order valence-electron chi connectivity index (χ0n) is 8.47. The first-order chi connectivity index (χ1) is 7.79. The molecule has 0 saturated carbocycles. The number of nitrogens with zero attached hydrogens (tertiary/aromatic N) is 1. The van der Waals surface area contributed by atoms with Crippen LogP contribution >= 0.6 is 22.9 Å². The van der Waals surface area contributed by atoms with Crippen molar-refractivity contribution < 1.29 is 4.79 Å². The van der Waals surface area contributed by atoms with Gasteiger partial charge >= 0.3 is 0 Å². The van der Waals surface area contributed by atoms with Crippen molar-refractivity contribution >= 4 is 29.2 Å². The lowest BCUT2D eigenvalue weighted by Gasteiger charge is -2.07. The van der Waals surface area contributed by atoms with Crippen LogP contribution in [0, 0.1) is 0 Å². The molecule has 0 radical (unpaired) electrons. The molecule has 82 valence electrons. The van der Waals surface area contributed by atoms with Crippen molar-refractivity contribution in [3.05, 3.63) is 51.4 Å². The minimum atomic E-state index is -0.168. The molecule has 1 unspecified atom stereocenters. The summed E-state index contributed by atoms with van der Waals surface area (Å²) in [5.74, 6) is -0.168. The average Bonchev–Trinajstić information content (AvgIpc) is 2.79. The number of aldehydes is 1. The SMILES string of the molecule is O=CC(Cc1cccc(Cl)c1)c1nccs1. The van der Waals surface area contributed by atoms with Crippen LogP contribution in [0.3, 0.4) is 0 Å². The van der Waals surface area contributed by atoms with E-state index >= 15 is 0 Å². The number of benzene rings is 1. The van der Waals surface area contributed by atoms with Crippen molar-refractivity contribution in [1.82, 2.24) is 4.98 Å². The molecule has 2 nitrogen and oxygen atoms in total. The zero-order chi connectivity index (χ0) is 11.4. The molecule has 0 saturated heterocycles. The summed E-state index contributed by atoms with van der Waals surface area (Å²) in [5, 5.41) is 3.43. The molecule has 0 fully saturated rings. The first kappa shape index (κ1) is 11.3. The summed E-state index contributed by atoms with van der Waals surface area (Å²) in [6.45, 7) is 0. The molecule has 0 bridgehead atoms. The number of aromatic nitrogens is 1. The van der Waals surface area contributed by atoms with E-state index in [1.165, 1.54) is 11.3 Å². The van der Waals surface area contributed by atoms with Crippen LogP contribution in [0.5, 0.6) is 0 Å². The second-order valence-corrected chi connectivity index (χ2v) is 4.81. The Morgan fingerprint density at radius 3 is 3.00 bits per heavy atom. The Labute approximate surface area is 103 Å². The predicted molar refractivity (Wildman–Crippen MR) is 66.1 cm³/mol. The first-order valence-corrected chi connectivity index (χ1v) is 6.14. The third-order valence-electron chi connectivity index (χ3n) is 2.28. The van der Waals surface area contributed by atoms with Gasteiger partial charge in [0.25, 0.3) is 0 Å². The highest BCUT2D eigenvalue weighted by Crippen LogP contribution is 2.22. The Bertz CT molecular complexity index is 470. The van der Waals surface area contributed by atoms with Crippen LogP contribution in [-0.4, -0.2) is 11.3 Å². The second kappa shape index (κ2) is 5.23. The van der Waals surface area contributed by atoms with Gasteiger partial charge in [-0.3, -0.25) is 0 Å². The smallest absolute Gasteiger partial charge is 0.130 e. The largest absolute Gasteiger partial charge is 0.303 e. The third-order valence-corrected chi connectivity index (χ3v) is 3.42. The number of carbonyl (C=O) groups is 1. The van der Waals surface area contributed by atoms with E-state index in [2.05, 4.69) is 4.98 Å². The number of carbonyl (C=O) groups excluding carboxylic acids is 1. The molecule has 1 aromatic heterocycles. The van der Waals surface area contributed by atoms with Crippen LogP contribution in [0.1, 0.15) is 16.5 Å². The summed E-state index contributed by atoms with van der Waals surface area (Å²) >= 11 is 7.40. The van der Waals surface area contributed by atoms with E-state index in [1.54, 1.807) is 6.20 Å². The topological polar surface area (TPSA) is 30.0 Å². The van der Waals surface area contributed by atoms with Crippen LogP contribution < -0.4 is 0 Å². The van der Waals surface area contributed by atoms with Crippen molar-refractivity contribution in [3.63, 3.8) is 0 Å². The summed E-state index contributed by atoms with van der Waals surface area (Å²) in [6.07, 6.45) is 3.31. The molecule has 4 heteroatoms. The monoisotopic (exact) mass is 251 g/mol. The Hall–Kier alpha value is -1.19. The van der Waals surface area contributed by atoms with Crippen molar-refractivity contribution in [2.75, 3.05) is 0 Å². The highest BCUT2D eigenvalue weighted by Gasteiger charge is 2.13. The van der Waals surface area contributed by atoms with E-state index in [4.69, 9.17) is 11.6 Å². The van der Waals surface area contributed by atoms with Gasteiger partial charge in [-0.15, -0.1) is 11.3 Å². The second-order valence-electron chi connectivity index (χ2n) is 3.45. The molecule has 1 atom stereocenters. The van der Waals surface area contributed by atoms with Gasteiger partial charge < -0.3 is 4.79 Å². The average molecular weight is 252 g/mol. The number of hydrogen-bond acceptors (Lipinski definition) is 3. The lowest BCUT2D eigenvalue weighted by molar-refractivity contribution is -0.109. The standard InChI is InChI=1S/C12H10ClNOS/c13-11-3-1-2-9(7-11)6-10(8-15)12-14-4-5-16-12/h1-5,7-8,10H,6H2. The van der Waals surface area contributed by atoms with E-state index < -0.39 is 0 Å². The number of rotatable bonds is 4. The number of halogens is 1. The van der Waals surface area contributed by atoms with Gasteiger partial charge in [-0.2, -0.15) is 0 Å². The summed E-state index contributed by atoms with van der Waals surface area (Å²) in [5.41, 5.74) is 1.06. The molecule has 1 heterocycles. The maximum Gasteiger partial charge on any atom is 0.130 e. The summed E-state index contributed by atoms with van der Waals surface area (Å²) < 4.78 is 0. The van der Waals surface area contributed by atoms with E-state index in [9.17, 15) is 4.79 Å². The number of hydrogen-bond donors (Lipinski definition) is 0. The van der Waals surface area contributed by atoms with Gasteiger partial charge in [0.1, 0.15) is 11.3 Å². The van der Waals surface area contributed by atoms with Gasteiger partial charge in [0.2, 0.25) is 0 Å². The molecule has 2 aromatic rings. The fraction of sp³-hybridized carbons (Fsp3) is 0.167. The maximum absolute atomic E-state index is 11.0. The minimum Gasteiger partial charge on any atom is -0.303 e. The summed E-state index contributed by atoms with van der Waals surface area (Å²) in [7, 11) is 0. The van der Waals surface area contributed by atoms with Gasteiger partial charge in [0.15, 0.2) is 0 Å². The lowest BCUT2D eigenvalue weighted by atomic mass is 10.0. The van der Waals surface area contributed by atoms with Crippen molar-refractivity contribution in [2.24, 2.45) is 0 Å². The van der Waals surface area contributed by atoms with Crippen LogP contribution in [0.2, 0.25) is 5.02 Å². The Morgan fingerprint density at radius 1 is 1.50 bits per heavy atom. The van der Waals surface area contributed by atoms with E-state index in [1.807, 2.05) is 29.6 Å². The van der Waals surface area contributed by atoms with Crippen molar-refractivity contribution in [3.8, 4) is 0 Å². The molecular weight excluding hydrogens is 242 g/mol. The van der Waals surface area contributed by atoms with Gasteiger partial charge in [-0.05, 0) is 24.1 Å². The molecule has 2 rings (SSSR count). The molecule has 1 aromatic carbocycles. The molecule has 16 heavy (non-hydrogen) atoms. The highest BCUT2D eigenvalue weighted by atomic mass is 35.5. The third kappa shape index (κ3) is 2.68. The van der Waals surface area contributed by atoms with E-state index in [0.29, 0.717) is 11.4 Å². The van der Waals surface area contributed by atoms with Gasteiger partial charge in [-0.1, -0.05) is 23.7 Å². The Morgan fingerprint density at radius 2 is 2.38 bits per heavy atom. The molecule has 0 N–H and O–H groups in total. The fourth-order valence-corrected chi connectivity index (χ4v) is 2.44. The Balaban J connectivity index is 2.16. The highest BCUT2D eigenvalue weighted by molar-refractivity contribution is 7.09. The zero-order valence-corrected chi connectivity index (χ0v) is 10.0. The van der Waals surface area contributed by atoms with Gasteiger partial charge in [0, 0.05) is 16.6 Å². The van der Waals surface area contributed by atoms with Crippen LogP contribution in [0.15, 0.2) is 35.8 Å². The number of thiazole rings is 1. The molecule has 0 aliphatic carbocycles. The molecular formula is C12H10ClNOS. The van der Waals surface area contributed by atoms with Crippen LogP contribution in [-0.2, 0) is 11.2 Å². The summed E-state index contributed by atoms with van der Waals surface area (Å²) in [6, 6.07) is 7.56. The Kier molecular flexibility index (Phi) is 3.70. The van der Waals surface area contributed by atoms with E-state index in [0.717, 1.165) is 16.9 Å². The summed E-state index contributed by atoms with van der Waals surface area (Å²) in [4.78, 5) is 15.2. The molecule has 0 aliphatic heterocycles. The van der Waals surface area contributed by atoms with Crippen LogP contribution in [0.25, 0.3) is 0 Å². The molecule has 0 spiro atoms. The van der Waals surface area contributed by atoms with Crippen LogP contribution in [0.4, 0.5) is 0 Å². The molecule has 0 amide bonds. The lowest BCUT2D eigenvalue weighted by Crippen LogP contribution is -2.03. The minimum absolute atomic E-state index is 0.168.